The molecule has 1 aromatic heterocycles. The van der Waals surface area contributed by atoms with Crippen molar-refractivity contribution in [1.82, 2.24) is 4.98 Å². The van der Waals surface area contributed by atoms with Gasteiger partial charge in [0.25, 0.3) is 0 Å². The molecule has 8 heteroatoms. The Morgan fingerprint density at radius 3 is 2.64 bits per heavy atom. The molecule has 0 radical (unpaired) electrons. The van der Waals surface area contributed by atoms with Gasteiger partial charge in [-0.3, -0.25) is 4.98 Å². The van der Waals surface area contributed by atoms with Gasteiger partial charge in [-0.2, -0.15) is 0 Å². The standard InChI is InChI=1S/C20H17BrF2N2O3/c1-3-27-18-9-17-12(8-14(18)21)19(13(10-24-17)20(26)28-4-2)25-16-6-5-11(22)7-15(16)23/h5-10H,3-4H2,1-2H3,(H,24,25). The molecular weight excluding hydrogens is 434 g/mol. The molecular formula is C20H17BrF2N2O3. The van der Waals surface area contributed by atoms with Crippen molar-refractivity contribution in [3.63, 3.8) is 0 Å². The van der Waals surface area contributed by atoms with Crippen molar-refractivity contribution in [3.8, 4) is 5.75 Å². The van der Waals surface area contributed by atoms with Crippen molar-refractivity contribution >= 4 is 44.2 Å². The fraction of sp³-hybridized carbons (Fsp3) is 0.200. The number of nitrogens with zero attached hydrogens (tertiary/aromatic N) is 1. The number of esters is 1. The number of benzene rings is 2. The summed E-state index contributed by atoms with van der Waals surface area (Å²) in [6.07, 6.45) is 1.35. The number of hydrogen-bond acceptors (Lipinski definition) is 5. The van der Waals surface area contributed by atoms with Gasteiger partial charge in [0, 0.05) is 23.7 Å². The smallest absolute Gasteiger partial charge is 0.341 e. The average Bonchev–Trinajstić information content (AvgIpc) is 2.65. The molecule has 2 aromatic carbocycles. The minimum Gasteiger partial charge on any atom is -0.493 e. The summed E-state index contributed by atoms with van der Waals surface area (Å²) in [5, 5.41) is 3.43. The second kappa shape index (κ2) is 8.52. The fourth-order valence-electron chi connectivity index (χ4n) is 2.68. The number of hydrogen-bond donors (Lipinski definition) is 1. The maximum absolute atomic E-state index is 14.2. The molecule has 0 saturated heterocycles. The Hall–Kier alpha value is -2.74. The largest absolute Gasteiger partial charge is 0.493 e. The number of halogens is 3. The fourth-order valence-corrected chi connectivity index (χ4v) is 3.14. The van der Waals surface area contributed by atoms with E-state index in [1.165, 1.54) is 12.3 Å². The Morgan fingerprint density at radius 2 is 1.96 bits per heavy atom. The van der Waals surface area contributed by atoms with Crippen LogP contribution in [0.2, 0.25) is 0 Å². The van der Waals surface area contributed by atoms with E-state index in [1.54, 1.807) is 19.1 Å². The third-order valence-corrected chi connectivity index (χ3v) is 4.53. The maximum atomic E-state index is 14.2. The van der Waals surface area contributed by atoms with E-state index in [2.05, 4.69) is 26.2 Å². The molecule has 5 nitrogen and oxygen atoms in total. The lowest BCUT2D eigenvalue weighted by Gasteiger charge is -2.16. The molecule has 0 spiro atoms. The van der Waals surface area contributed by atoms with Crippen LogP contribution in [-0.2, 0) is 4.74 Å². The maximum Gasteiger partial charge on any atom is 0.341 e. The number of carbonyl (C=O) groups excluding carboxylic acids is 1. The Bertz CT molecular complexity index is 1040. The van der Waals surface area contributed by atoms with Crippen LogP contribution in [0.5, 0.6) is 5.75 Å². The lowest BCUT2D eigenvalue weighted by molar-refractivity contribution is 0.0527. The van der Waals surface area contributed by atoms with Crippen molar-refractivity contribution in [2.75, 3.05) is 18.5 Å². The molecule has 0 fully saturated rings. The summed E-state index contributed by atoms with van der Waals surface area (Å²) >= 11 is 3.43. The molecule has 28 heavy (non-hydrogen) atoms. The first-order chi connectivity index (χ1) is 13.4. The van der Waals surface area contributed by atoms with Gasteiger partial charge in [0.15, 0.2) is 0 Å². The van der Waals surface area contributed by atoms with Gasteiger partial charge in [0.2, 0.25) is 0 Å². The third kappa shape index (κ3) is 4.06. The van der Waals surface area contributed by atoms with Crippen LogP contribution >= 0.6 is 15.9 Å². The molecule has 0 amide bonds. The highest BCUT2D eigenvalue weighted by molar-refractivity contribution is 9.10. The first-order valence-corrected chi connectivity index (χ1v) is 9.38. The molecule has 3 rings (SSSR count). The highest BCUT2D eigenvalue weighted by Crippen LogP contribution is 2.36. The molecule has 3 aromatic rings. The zero-order chi connectivity index (χ0) is 20.3. The van der Waals surface area contributed by atoms with Crippen LogP contribution in [0.3, 0.4) is 0 Å². The Balaban J connectivity index is 2.20. The van der Waals surface area contributed by atoms with E-state index in [1.807, 2.05) is 6.92 Å². The minimum absolute atomic E-state index is 0.0180. The molecule has 0 aliphatic rings. The van der Waals surface area contributed by atoms with E-state index in [4.69, 9.17) is 9.47 Å². The summed E-state index contributed by atoms with van der Waals surface area (Å²) < 4.78 is 38.7. The number of pyridine rings is 1. The van der Waals surface area contributed by atoms with Gasteiger partial charge in [0.1, 0.15) is 22.9 Å². The Labute approximate surface area is 168 Å². The molecule has 0 aliphatic carbocycles. The molecule has 1 N–H and O–H groups in total. The first kappa shape index (κ1) is 20.0. The number of anilines is 2. The minimum atomic E-state index is -0.787. The lowest BCUT2D eigenvalue weighted by Crippen LogP contribution is -2.10. The highest BCUT2D eigenvalue weighted by atomic mass is 79.9. The predicted molar refractivity (Wildman–Crippen MR) is 106 cm³/mol. The van der Waals surface area contributed by atoms with Crippen LogP contribution in [-0.4, -0.2) is 24.2 Å². The van der Waals surface area contributed by atoms with Gasteiger partial charge in [0.05, 0.1) is 34.6 Å². The van der Waals surface area contributed by atoms with Gasteiger partial charge in [-0.1, -0.05) is 0 Å². The van der Waals surface area contributed by atoms with Crippen LogP contribution in [0.4, 0.5) is 20.2 Å². The topological polar surface area (TPSA) is 60.5 Å². The summed E-state index contributed by atoms with van der Waals surface area (Å²) in [5.41, 5.74) is 0.987. The van der Waals surface area contributed by atoms with E-state index >= 15 is 0 Å². The summed E-state index contributed by atoms with van der Waals surface area (Å²) in [7, 11) is 0. The van der Waals surface area contributed by atoms with E-state index < -0.39 is 17.6 Å². The van der Waals surface area contributed by atoms with Crippen molar-refractivity contribution < 1.29 is 23.0 Å². The van der Waals surface area contributed by atoms with Crippen molar-refractivity contribution in [2.45, 2.75) is 13.8 Å². The summed E-state index contributed by atoms with van der Waals surface area (Å²) in [6.45, 7) is 4.19. The Kier molecular flexibility index (Phi) is 6.08. The second-order valence-corrected chi connectivity index (χ2v) is 6.60. The van der Waals surface area contributed by atoms with E-state index in [9.17, 15) is 13.6 Å². The number of carbonyl (C=O) groups is 1. The lowest BCUT2D eigenvalue weighted by atomic mass is 10.1. The quantitative estimate of drug-likeness (QED) is 0.495. The zero-order valence-electron chi connectivity index (χ0n) is 15.2. The highest BCUT2D eigenvalue weighted by Gasteiger charge is 2.19. The number of rotatable bonds is 6. The summed E-state index contributed by atoms with van der Waals surface area (Å²) in [4.78, 5) is 16.7. The number of ether oxygens (including phenoxy) is 2. The first-order valence-electron chi connectivity index (χ1n) is 8.58. The third-order valence-electron chi connectivity index (χ3n) is 3.91. The molecule has 146 valence electrons. The van der Waals surface area contributed by atoms with E-state index in [0.29, 0.717) is 33.4 Å². The second-order valence-electron chi connectivity index (χ2n) is 5.75. The van der Waals surface area contributed by atoms with Crippen LogP contribution in [0, 0.1) is 11.6 Å². The predicted octanol–water partition coefficient (Wildman–Crippen LogP) is 5.59. The molecule has 0 bridgehead atoms. The van der Waals surface area contributed by atoms with Crippen LogP contribution in [0.15, 0.2) is 41.0 Å². The van der Waals surface area contributed by atoms with Crippen LogP contribution in [0.1, 0.15) is 24.2 Å². The van der Waals surface area contributed by atoms with Gasteiger partial charge in [-0.25, -0.2) is 13.6 Å². The van der Waals surface area contributed by atoms with Crippen LogP contribution in [0.25, 0.3) is 10.9 Å². The number of nitrogens with one attached hydrogen (secondary N) is 1. The molecule has 0 saturated carbocycles. The molecule has 0 aliphatic heterocycles. The van der Waals surface area contributed by atoms with Gasteiger partial charge in [-0.05, 0) is 48.0 Å². The number of aromatic nitrogens is 1. The Morgan fingerprint density at radius 1 is 1.18 bits per heavy atom. The number of fused-ring (bicyclic) bond motifs is 1. The van der Waals surface area contributed by atoms with Gasteiger partial charge >= 0.3 is 5.97 Å². The monoisotopic (exact) mass is 450 g/mol. The van der Waals surface area contributed by atoms with Gasteiger partial charge < -0.3 is 14.8 Å². The molecule has 0 atom stereocenters. The average molecular weight is 451 g/mol. The van der Waals surface area contributed by atoms with Crippen molar-refractivity contribution in [2.24, 2.45) is 0 Å². The van der Waals surface area contributed by atoms with Crippen molar-refractivity contribution in [1.29, 1.82) is 0 Å². The molecule has 0 unspecified atom stereocenters. The van der Waals surface area contributed by atoms with Crippen LogP contribution < -0.4 is 10.1 Å². The zero-order valence-corrected chi connectivity index (χ0v) is 16.8. The van der Waals surface area contributed by atoms with E-state index in [-0.39, 0.29) is 17.9 Å². The van der Waals surface area contributed by atoms with Crippen molar-refractivity contribution in [3.05, 3.63) is 58.2 Å². The molecule has 1 heterocycles. The normalized spacial score (nSPS) is 10.8. The summed E-state index contributed by atoms with van der Waals surface area (Å²) in [6, 6.07) is 6.58. The van der Waals surface area contributed by atoms with Gasteiger partial charge in [-0.15, -0.1) is 0 Å². The van der Waals surface area contributed by atoms with E-state index in [0.717, 1.165) is 12.1 Å². The summed E-state index contributed by atoms with van der Waals surface area (Å²) in [5.74, 6) is -1.50. The SMILES string of the molecule is CCOC(=O)c1cnc2cc(OCC)c(Br)cc2c1Nc1ccc(F)cc1F.